The Morgan fingerprint density at radius 3 is 2.68 bits per heavy atom. The van der Waals surface area contributed by atoms with Gasteiger partial charge in [0.2, 0.25) is 5.88 Å². The Kier molecular flexibility index (Phi) is 3.68. The van der Waals surface area contributed by atoms with Crippen LogP contribution in [0.25, 0.3) is 0 Å². The van der Waals surface area contributed by atoms with Crippen molar-refractivity contribution in [1.82, 2.24) is 9.97 Å². The van der Waals surface area contributed by atoms with E-state index in [2.05, 4.69) is 9.97 Å². The molecule has 1 heterocycles. The first-order valence-corrected chi connectivity index (χ1v) is 5.62. The van der Waals surface area contributed by atoms with Crippen molar-refractivity contribution in [3.63, 3.8) is 0 Å². The summed E-state index contributed by atoms with van der Waals surface area (Å²) in [7, 11) is 0. The van der Waals surface area contributed by atoms with Crippen molar-refractivity contribution in [3.8, 4) is 11.6 Å². The zero-order valence-corrected chi connectivity index (χ0v) is 10.7. The van der Waals surface area contributed by atoms with Crippen LogP contribution in [0.2, 0.25) is 10.0 Å². The molecule has 1 aromatic heterocycles. The summed E-state index contributed by atoms with van der Waals surface area (Å²) in [5, 5.41) is 10.6. The molecule has 7 nitrogen and oxygen atoms in total. The van der Waals surface area contributed by atoms with Crippen molar-refractivity contribution in [1.29, 1.82) is 0 Å². The van der Waals surface area contributed by atoms with Crippen molar-refractivity contribution >= 4 is 34.7 Å². The molecule has 0 amide bonds. The number of halogens is 2. The molecule has 1 aromatic carbocycles. The Morgan fingerprint density at radius 1 is 1.32 bits per heavy atom. The van der Waals surface area contributed by atoms with Gasteiger partial charge >= 0.3 is 0 Å². The van der Waals surface area contributed by atoms with Gasteiger partial charge in [-0.3, -0.25) is 10.1 Å². The summed E-state index contributed by atoms with van der Waals surface area (Å²) in [6.07, 6.45) is 1.18. The molecular formula is C10H6Cl2N4O3. The number of nitro benzene ring substituents is 1. The zero-order chi connectivity index (χ0) is 14.0. The Balaban J connectivity index is 2.32. The maximum Gasteiger partial charge on any atom is 0.288 e. The van der Waals surface area contributed by atoms with Crippen LogP contribution in [0.1, 0.15) is 0 Å². The highest BCUT2D eigenvalue weighted by atomic mass is 35.5. The van der Waals surface area contributed by atoms with Crippen LogP contribution >= 0.6 is 23.2 Å². The molecule has 0 radical (unpaired) electrons. The van der Waals surface area contributed by atoms with Gasteiger partial charge < -0.3 is 10.5 Å². The van der Waals surface area contributed by atoms with E-state index in [0.29, 0.717) is 0 Å². The predicted molar refractivity (Wildman–Crippen MR) is 69.6 cm³/mol. The third-order valence-electron chi connectivity index (χ3n) is 2.11. The van der Waals surface area contributed by atoms with Crippen LogP contribution in [-0.4, -0.2) is 14.9 Å². The van der Waals surface area contributed by atoms with Gasteiger partial charge in [-0.25, -0.2) is 4.98 Å². The van der Waals surface area contributed by atoms with Crippen LogP contribution in [0.5, 0.6) is 11.6 Å². The molecule has 0 bridgehead atoms. The maximum atomic E-state index is 10.6. The minimum absolute atomic E-state index is 0.0408. The lowest BCUT2D eigenvalue weighted by Crippen LogP contribution is -1.96. The Morgan fingerprint density at radius 2 is 2.05 bits per heavy atom. The monoisotopic (exact) mass is 300 g/mol. The van der Waals surface area contributed by atoms with Crippen molar-refractivity contribution < 1.29 is 9.66 Å². The van der Waals surface area contributed by atoms with Crippen molar-refractivity contribution in [2.75, 3.05) is 5.73 Å². The van der Waals surface area contributed by atoms with Gasteiger partial charge in [-0.15, -0.1) is 0 Å². The summed E-state index contributed by atoms with van der Waals surface area (Å²) in [5.41, 5.74) is 5.27. The second-order valence-electron chi connectivity index (χ2n) is 3.35. The normalized spacial score (nSPS) is 10.2. The third kappa shape index (κ3) is 2.83. The van der Waals surface area contributed by atoms with Crippen LogP contribution in [0.3, 0.4) is 0 Å². The van der Waals surface area contributed by atoms with Gasteiger partial charge in [0.25, 0.3) is 5.69 Å². The van der Waals surface area contributed by atoms with E-state index in [4.69, 9.17) is 33.7 Å². The number of nitrogen functional groups attached to an aromatic ring is 1. The van der Waals surface area contributed by atoms with E-state index in [9.17, 15) is 10.1 Å². The lowest BCUT2D eigenvalue weighted by molar-refractivity contribution is -0.384. The van der Waals surface area contributed by atoms with Gasteiger partial charge in [0, 0.05) is 12.1 Å². The highest BCUT2D eigenvalue weighted by Gasteiger charge is 2.14. The van der Waals surface area contributed by atoms with Gasteiger partial charge in [-0.05, 0) is 6.07 Å². The van der Waals surface area contributed by atoms with Crippen LogP contribution in [0, 0.1) is 10.1 Å². The first-order valence-electron chi connectivity index (χ1n) is 4.87. The molecule has 0 saturated carbocycles. The summed E-state index contributed by atoms with van der Waals surface area (Å²) in [6, 6.07) is 3.88. The lowest BCUT2D eigenvalue weighted by atomic mass is 10.3. The molecule has 0 spiro atoms. The zero-order valence-electron chi connectivity index (χ0n) is 9.21. The topological polar surface area (TPSA) is 104 Å². The molecule has 0 fully saturated rings. The Hall–Kier alpha value is -2.12. The average Bonchev–Trinajstić information content (AvgIpc) is 2.34. The fourth-order valence-corrected chi connectivity index (χ4v) is 1.62. The third-order valence-corrected chi connectivity index (χ3v) is 2.77. The smallest absolute Gasteiger partial charge is 0.288 e. The van der Waals surface area contributed by atoms with Crippen molar-refractivity contribution in [2.24, 2.45) is 0 Å². The molecule has 0 aliphatic carbocycles. The molecule has 0 unspecified atom stereocenters. The summed E-state index contributed by atoms with van der Waals surface area (Å²) in [4.78, 5) is 17.5. The van der Waals surface area contributed by atoms with Crippen LogP contribution in [-0.2, 0) is 0 Å². The number of hydrogen-bond donors (Lipinski definition) is 1. The van der Waals surface area contributed by atoms with E-state index in [-0.39, 0.29) is 33.2 Å². The first kappa shape index (κ1) is 13.3. The van der Waals surface area contributed by atoms with E-state index < -0.39 is 4.92 Å². The number of aromatic nitrogens is 2. The number of hydrogen-bond acceptors (Lipinski definition) is 6. The Bertz CT molecular complexity index is 651. The molecule has 0 saturated heterocycles. The molecule has 2 rings (SSSR count). The molecule has 19 heavy (non-hydrogen) atoms. The van der Waals surface area contributed by atoms with Crippen LogP contribution < -0.4 is 10.5 Å². The number of rotatable bonds is 3. The standard InChI is InChI=1S/C10H6Cl2N4O3/c11-6-3-5(1-2-7(6)16(17)18)19-10-8(12)9(13)14-4-15-10/h1-4H,(H2,13,14,15). The molecule has 0 aliphatic rings. The predicted octanol–water partition coefficient (Wildman–Crippen LogP) is 3.07. The van der Waals surface area contributed by atoms with E-state index >= 15 is 0 Å². The largest absolute Gasteiger partial charge is 0.437 e. The fourth-order valence-electron chi connectivity index (χ4n) is 1.25. The van der Waals surface area contributed by atoms with Crippen LogP contribution in [0.15, 0.2) is 24.5 Å². The first-order chi connectivity index (χ1) is 8.99. The van der Waals surface area contributed by atoms with Gasteiger partial charge in [0.1, 0.15) is 27.9 Å². The number of nitrogens with zero attached hydrogens (tertiary/aromatic N) is 3. The van der Waals surface area contributed by atoms with Crippen LogP contribution in [0.4, 0.5) is 11.5 Å². The summed E-state index contributed by atoms with van der Waals surface area (Å²) in [5.74, 6) is 0.356. The summed E-state index contributed by atoms with van der Waals surface area (Å²) in [6.45, 7) is 0. The SMILES string of the molecule is Nc1ncnc(Oc2ccc([N+](=O)[O-])c(Cl)c2)c1Cl. The lowest BCUT2D eigenvalue weighted by Gasteiger charge is -2.07. The van der Waals surface area contributed by atoms with Gasteiger partial charge in [0.05, 0.1) is 4.92 Å². The second kappa shape index (κ2) is 5.25. The number of nitro groups is 1. The van der Waals surface area contributed by atoms with Gasteiger partial charge in [0.15, 0.2) is 0 Å². The highest BCUT2D eigenvalue weighted by Crippen LogP contribution is 2.33. The molecule has 98 valence electrons. The number of anilines is 1. The number of benzene rings is 1. The minimum atomic E-state index is -0.595. The molecule has 9 heteroatoms. The van der Waals surface area contributed by atoms with Gasteiger partial charge in [-0.2, -0.15) is 4.98 Å². The summed E-state index contributed by atoms with van der Waals surface area (Å²) < 4.78 is 5.34. The van der Waals surface area contributed by atoms with E-state index in [1.165, 1.54) is 24.5 Å². The average molecular weight is 301 g/mol. The molecule has 0 aliphatic heterocycles. The number of ether oxygens (including phenoxy) is 1. The highest BCUT2D eigenvalue weighted by molar-refractivity contribution is 6.34. The van der Waals surface area contributed by atoms with Crippen molar-refractivity contribution in [3.05, 3.63) is 44.7 Å². The summed E-state index contributed by atoms with van der Waals surface area (Å²) >= 11 is 11.6. The minimum Gasteiger partial charge on any atom is -0.437 e. The maximum absolute atomic E-state index is 10.6. The second-order valence-corrected chi connectivity index (χ2v) is 4.14. The fraction of sp³-hybridized carbons (Fsp3) is 0. The van der Waals surface area contributed by atoms with Crippen molar-refractivity contribution in [2.45, 2.75) is 0 Å². The van der Waals surface area contributed by atoms with E-state index in [0.717, 1.165) is 0 Å². The molecular weight excluding hydrogens is 295 g/mol. The number of nitrogens with two attached hydrogens (primary N) is 1. The molecule has 2 N–H and O–H groups in total. The van der Waals surface area contributed by atoms with Gasteiger partial charge in [-0.1, -0.05) is 23.2 Å². The molecule has 2 aromatic rings. The van der Waals surface area contributed by atoms with E-state index in [1.807, 2.05) is 0 Å². The van der Waals surface area contributed by atoms with E-state index in [1.54, 1.807) is 0 Å². The molecule has 0 atom stereocenters. The quantitative estimate of drug-likeness (QED) is 0.690. The Labute approximate surface area is 117 Å².